The van der Waals surface area contributed by atoms with Gasteiger partial charge in [-0.2, -0.15) is 0 Å². The summed E-state index contributed by atoms with van der Waals surface area (Å²) in [5, 5.41) is 12.6. The van der Waals surface area contributed by atoms with Crippen molar-refractivity contribution >= 4 is 29.2 Å². The van der Waals surface area contributed by atoms with Crippen molar-refractivity contribution < 1.29 is 37.7 Å². The quantitative estimate of drug-likeness (QED) is 0.221. The van der Waals surface area contributed by atoms with Crippen LogP contribution in [0.5, 0.6) is 5.75 Å². The first-order chi connectivity index (χ1) is 24.5. The highest BCUT2D eigenvalue weighted by molar-refractivity contribution is 6.30. The van der Waals surface area contributed by atoms with Crippen molar-refractivity contribution in [1.29, 1.82) is 0 Å². The maximum absolute atomic E-state index is 13.5. The first-order valence-corrected chi connectivity index (χ1v) is 18.6. The molecule has 12 heteroatoms. The number of ether oxygens (including phenoxy) is 3. The average Bonchev–Trinajstić information content (AvgIpc) is 3.11. The van der Waals surface area contributed by atoms with Gasteiger partial charge in [-0.1, -0.05) is 35.9 Å². The van der Waals surface area contributed by atoms with Gasteiger partial charge >= 0.3 is 5.97 Å². The number of rotatable bonds is 6. The standard InChI is InChI=1S/C39H50ClF2N3O6/c1-43-16-5-4-9-34(50-19-7-17-44-25-38(41,42)26-44)32-14-11-28(32)23-45-18-6-3-8-27-20-31(40)13-10-29(27)24-51-35-15-12-30(21-33(35)45)39(48,22-36(43)46)37(47)49-2/h4,9-10,12-13,15,20-21,28,32,34,48H,3,5-8,11,14,16-19,22-26H2,1-2H3/b9-4+/t28-,32+,34-,39+/m0/s1. The number of carbonyl (C=O) groups excluding carboxylic acids is 2. The molecule has 0 aromatic heterocycles. The fourth-order valence-electron chi connectivity index (χ4n) is 7.77. The maximum Gasteiger partial charge on any atom is 0.343 e. The van der Waals surface area contributed by atoms with Crippen LogP contribution in [0.25, 0.3) is 0 Å². The molecule has 1 saturated heterocycles. The number of hydrogen-bond acceptors (Lipinski definition) is 8. The van der Waals surface area contributed by atoms with Crippen LogP contribution in [-0.4, -0.2) is 98.8 Å². The first-order valence-electron chi connectivity index (χ1n) is 18.2. The van der Waals surface area contributed by atoms with Gasteiger partial charge in [0.25, 0.3) is 5.92 Å². The lowest BCUT2D eigenvalue weighted by atomic mass is 9.70. The van der Waals surface area contributed by atoms with Gasteiger partial charge in [0.05, 0.1) is 38.4 Å². The van der Waals surface area contributed by atoms with E-state index in [1.807, 2.05) is 24.3 Å². The van der Waals surface area contributed by atoms with Crippen molar-refractivity contribution in [2.24, 2.45) is 11.8 Å². The zero-order valence-electron chi connectivity index (χ0n) is 29.6. The molecule has 3 heterocycles. The lowest BCUT2D eigenvalue weighted by Gasteiger charge is -2.44. The number of likely N-dealkylation sites (tertiary alicyclic amines) is 1. The van der Waals surface area contributed by atoms with E-state index < -0.39 is 29.8 Å². The maximum atomic E-state index is 13.5. The monoisotopic (exact) mass is 729 g/mol. The summed E-state index contributed by atoms with van der Waals surface area (Å²) in [4.78, 5) is 32.3. The number of esters is 1. The first kappa shape index (κ1) is 37.5. The van der Waals surface area contributed by atoms with Crippen molar-refractivity contribution in [3.63, 3.8) is 0 Å². The Kier molecular flexibility index (Phi) is 11.9. The Balaban J connectivity index is 1.31. The van der Waals surface area contributed by atoms with E-state index in [4.69, 9.17) is 25.8 Å². The van der Waals surface area contributed by atoms with Crippen molar-refractivity contribution in [1.82, 2.24) is 9.80 Å². The molecule has 2 bridgehead atoms. The Morgan fingerprint density at radius 2 is 1.92 bits per heavy atom. The molecule has 9 nitrogen and oxygen atoms in total. The molecule has 4 atom stereocenters. The molecule has 0 radical (unpaired) electrons. The molecule has 4 aliphatic rings. The highest BCUT2D eigenvalue weighted by Crippen LogP contribution is 2.43. The van der Waals surface area contributed by atoms with Crippen LogP contribution in [-0.2, 0) is 37.7 Å². The summed E-state index contributed by atoms with van der Waals surface area (Å²) in [5.74, 6) is -2.73. The van der Waals surface area contributed by atoms with Crippen LogP contribution in [0, 0.1) is 11.8 Å². The van der Waals surface area contributed by atoms with Crippen LogP contribution in [0.1, 0.15) is 61.6 Å². The SMILES string of the molecule is COC(=O)[C@@]1(O)CC(=O)N(C)CC/C=C/[C@H](OCCCN2CC(F)(F)C2)[C@@H]2CC[C@H]2CN2CCCCc3cc(Cl)ccc3COc3ccc1cc32. The molecule has 278 valence electrons. The van der Waals surface area contributed by atoms with E-state index in [0.717, 1.165) is 48.9 Å². The molecule has 2 fully saturated rings. The van der Waals surface area contributed by atoms with E-state index >= 15 is 0 Å². The Morgan fingerprint density at radius 3 is 2.67 bits per heavy atom. The molecule has 0 spiro atoms. The summed E-state index contributed by atoms with van der Waals surface area (Å²) in [5.41, 5.74) is 1.00. The minimum absolute atomic E-state index is 0.148. The molecule has 1 saturated carbocycles. The second-order valence-corrected chi connectivity index (χ2v) is 15.0. The number of fused-ring (bicyclic) bond motifs is 3. The van der Waals surface area contributed by atoms with Crippen LogP contribution in [0.3, 0.4) is 0 Å². The Labute approximate surface area is 304 Å². The number of amides is 1. The predicted molar refractivity (Wildman–Crippen MR) is 191 cm³/mol. The number of anilines is 1. The van der Waals surface area contributed by atoms with Gasteiger partial charge in [-0.05, 0) is 97.7 Å². The molecule has 2 aromatic rings. The third kappa shape index (κ3) is 8.87. The lowest BCUT2D eigenvalue weighted by molar-refractivity contribution is -0.168. The molecule has 1 amide bonds. The van der Waals surface area contributed by atoms with Crippen LogP contribution in [0.15, 0.2) is 48.6 Å². The van der Waals surface area contributed by atoms with Crippen LogP contribution in [0.2, 0.25) is 5.02 Å². The van der Waals surface area contributed by atoms with Gasteiger partial charge in [-0.15, -0.1) is 0 Å². The Morgan fingerprint density at radius 1 is 1.10 bits per heavy atom. The Hall–Kier alpha value is -3.25. The molecule has 51 heavy (non-hydrogen) atoms. The fraction of sp³-hybridized carbons (Fsp3) is 0.590. The van der Waals surface area contributed by atoms with E-state index in [0.29, 0.717) is 68.9 Å². The second-order valence-electron chi connectivity index (χ2n) is 14.6. The number of benzene rings is 2. The van der Waals surface area contributed by atoms with E-state index in [2.05, 4.69) is 11.0 Å². The molecule has 1 aliphatic carbocycles. The van der Waals surface area contributed by atoms with Crippen LogP contribution < -0.4 is 9.64 Å². The van der Waals surface area contributed by atoms with Gasteiger partial charge in [-0.3, -0.25) is 9.69 Å². The third-order valence-corrected chi connectivity index (χ3v) is 11.2. The topological polar surface area (TPSA) is 91.8 Å². The molecule has 6 rings (SSSR count). The largest absolute Gasteiger partial charge is 0.487 e. The van der Waals surface area contributed by atoms with E-state index in [-0.39, 0.29) is 30.7 Å². The molecule has 0 unspecified atom stereocenters. The predicted octanol–water partition coefficient (Wildman–Crippen LogP) is 5.98. The van der Waals surface area contributed by atoms with E-state index in [1.165, 1.54) is 12.0 Å². The third-order valence-electron chi connectivity index (χ3n) is 11.0. The smallest absolute Gasteiger partial charge is 0.343 e. The van der Waals surface area contributed by atoms with E-state index in [1.54, 1.807) is 30.1 Å². The summed E-state index contributed by atoms with van der Waals surface area (Å²) >= 11 is 6.37. The van der Waals surface area contributed by atoms with Gasteiger partial charge in [0.15, 0.2) is 5.60 Å². The molecule has 3 aliphatic heterocycles. The van der Waals surface area contributed by atoms with Crippen molar-refractivity contribution in [2.45, 2.75) is 75.6 Å². The molecule has 2 aromatic carbocycles. The van der Waals surface area contributed by atoms with Gasteiger partial charge in [-0.25, -0.2) is 13.6 Å². The Bertz CT molecular complexity index is 1580. The fourth-order valence-corrected chi connectivity index (χ4v) is 7.96. The number of halogens is 3. The highest BCUT2D eigenvalue weighted by atomic mass is 35.5. The number of methoxy groups -OCH3 is 1. The zero-order valence-corrected chi connectivity index (χ0v) is 30.4. The number of aliphatic hydroxyl groups is 1. The minimum Gasteiger partial charge on any atom is -0.487 e. The molecular weight excluding hydrogens is 680 g/mol. The summed E-state index contributed by atoms with van der Waals surface area (Å²) < 4.78 is 44.7. The number of nitrogens with zero attached hydrogens (tertiary/aromatic N) is 3. The molecular formula is C39H50ClF2N3O6. The lowest BCUT2D eigenvalue weighted by Crippen LogP contribution is -2.56. The minimum atomic E-state index is -2.58. The highest BCUT2D eigenvalue weighted by Gasteiger charge is 2.45. The van der Waals surface area contributed by atoms with Gasteiger partial charge < -0.3 is 29.1 Å². The number of aryl methyl sites for hydroxylation is 1. The van der Waals surface area contributed by atoms with Gasteiger partial charge in [0.1, 0.15) is 12.4 Å². The van der Waals surface area contributed by atoms with Crippen molar-refractivity contribution in [2.75, 3.05) is 64.9 Å². The molecule has 1 N–H and O–H groups in total. The average molecular weight is 730 g/mol. The summed E-state index contributed by atoms with van der Waals surface area (Å²) in [7, 11) is 2.86. The van der Waals surface area contributed by atoms with Crippen molar-refractivity contribution in [3.8, 4) is 5.75 Å². The van der Waals surface area contributed by atoms with Crippen molar-refractivity contribution in [3.05, 3.63) is 70.3 Å². The number of carbonyl (C=O) groups is 2. The van der Waals surface area contributed by atoms with Gasteiger partial charge in [0, 0.05) is 44.9 Å². The van der Waals surface area contributed by atoms with Crippen LogP contribution >= 0.6 is 11.6 Å². The normalized spacial score (nSPS) is 27.8. The van der Waals surface area contributed by atoms with Crippen LogP contribution in [0.4, 0.5) is 14.5 Å². The second kappa shape index (κ2) is 16.2. The number of alkyl halides is 2. The summed E-state index contributed by atoms with van der Waals surface area (Å²) in [6, 6.07) is 11.1. The summed E-state index contributed by atoms with van der Waals surface area (Å²) in [6.07, 6.45) is 9.40. The van der Waals surface area contributed by atoms with Gasteiger partial charge in [0.2, 0.25) is 5.91 Å². The summed E-state index contributed by atoms with van der Waals surface area (Å²) in [6.45, 7) is 2.79. The van der Waals surface area contributed by atoms with E-state index in [9.17, 15) is 23.5 Å². The zero-order chi connectivity index (χ0) is 36.2. The number of hydrogen-bond donors (Lipinski definition) is 1.